The number of nitrogens with zero attached hydrogens (tertiary/aromatic N) is 5. The van der Waals surface area contributed by atoms with Gasteiger partial charge in [0.2, 0.25) is 5.91 Å². The number of piperidine rings is 1. The summed E-state index contributed by atoms with van der Waals surface area (Å²) in [6.45, 7) is 5.20. The maximum absolute atomic E-state index is 12.9. The van der Waals surface area contributed by atoms with E-state index >= 15 is 0 Å². The van der Waals surface area contributed by atoms with E-state index < -0.39 is 0 Å². The monoisotopic (exact) mass is 381 g/mol. The second-order valence-electron chi connectivity index (χ2n) is 8.14. The molecule has 0 aromatic carbocycles. The molecule has 1 atom stereocenters. The normalized spacial score (nSPS) is 21.4. The SMILES string of the molecule is O=C(CN1CCCCCC1)N1CCC[C@H](c2nccn2Cc2ccncc2)C1. The van der Waals surface area contributed by atoms with Crippen LogP contribution in [0.5, 0.6) is 0 Å². The number of imidazole rings is 1. The Morgan fingerprint density at radius 2 is 1.79 bits per heavy atom. The van der Waals surface area contributed by atoms with Crippen LogP contribution in [0.15, 0.2) is 36.9 Å². The van der Waals surface area contributed by atoms with E-state index in [1.165, 1.54) is 31.2 Å². The maximum Gasteiger partial charge on any atom is 0.236 e. The van der Waals surface area contributed by atoms with Crippen molar-refractivity contribution in [1.82, 2.24) is 24.3 Å². The smallest absolute Gasteiger partial charge is 0.236 e. The molecule has 2 aromatic rings. The van der Waals surface area contributed by atoms with Gasteiger partial charge in [-0.05, 0) is 56.5 Å². The first-order chi connectivity index (χ1) is 13.8. The average molecular weight is 382 g/mol. The molecular weight excluding hydrogens is 350 g/mol. The summed E-state index contributed by atoms with van der Waals surface area (Å²) < 4.78 is 2.22. The van der Waals surface area contributed by atoms with Gasteiger partial charge in [-0.15, -0.1) is 0 Å². The summed E-state index contributed by atoms with van der Waals surface area (Å²) in [5.74, 6) is 1.71. The summed E-state index contributed by atoms with van der Waals surface area (Å²) >= 11 is 0. The van der Waals surface area contributed by atoms with Crippen molar-refractivity contribution in [3.63, 3.8) is 0 Å². The molecule has 4 heterocycles. The molecule has 6 heteroatoms. The molecule has 2 aromatic heterocycles. The van der Waals surface area contributed by atoms with Gasteiger partial charge in [0, 0.05) is 50.3 Å². The molecule has 2 saturated heterocycles. The van der Waals surface area contributed by atoms with Gasteiger partial charge in [0.25, 0.3) is 0 Å². The second-order valence-corrected chi connectivity index (χ2v) is 8.14. The van der Waals surface area contributed by atoms with Crippen molar-refractivity contribution in [2.24, 2.45) is 0 Å². The maximum atomic E-state index is 12.9. The first-order valence-electron chi connectivity index (χ1n) is 10.7. The van der Waals surface area contributed by atoms with Crippen LogP contribution in [0.25, 0.3) is 0 Å². The van der Waals surface area contributed by atoms with Gasteiger partial charge in [-0.2, -0.15) is 0 Å². The van der Waals surface area contributed by atoms with Crippen LogP contribution in [0.1, 0.15) is 55.8 Å². The molecule has 2 aliphatic heterocycles. The highest BCUT2D eigenvalue weighted by Crippen LogP contribution is 2.26. The molecule has 0 radical (unpaired) electrons. The van der Waals surface area contributed by atoms with E-state index in [1.54, 1.807) is 0 Å². The van der Waals surface area contributed by atoms with Gasteiger partial charge in [0.15, 0.2) is 0 Å². The van der Waals surface area contributed by atoms with Crippen LogP contribution in [0, 0.1) is 0 Å². The van der Waals surface area contributed by atoms with Crippen molar-refractivity contribution in [1.29, 1.82) is 0 Å². The minimum absolute atomic E-state index is 0.291. The van der Waals surface area contributed by atoms with E-state index in [2.05, 4.69) is 24.3 Å². The lowest BCUT2D eigenvalue weighted by Gasteiger charge is -2.34. The van der Waals surface area contributed by atoms with Crippen LogP contribution < -0.4 is 0 Å². The van der Waals surface area contributed by atoms with Crippen LogP contribution in [0.2, 0.25) is 0 Å². The summed E-state index contributed by atoms with van der Waals surface area (Å²) in [5, 5.41) is 0. The Bertz CT molecular complexity index is 751. The van der Waals surface area contributed by atoms with Crippen LogP contribution in [0.4, 0.5) is 0 Å². The van der Waals surface area contributed by atoms with Gasteiger partial charge in [-0.3, -0.25) is 14.7 Å². The number of carbonyl (C=O) groups excluding carboxylic acids is 1. The zero-order valence-electron chi connectivity index (χ0n) is 16.7. The topological polar surface area (TPSA) is 54.3 Å². The van der Waals surface area contributed by atoms with Crippen LogP contribution in [-0.4, -0.2) is 63.0 Å². The zero-order chi connectivity index (χ0) is 19.2. The first-order valence-corrected chi connectivity index (χ1v) is 10.7. The Hall–Kier alpha value is -2.21. The Kier molecular flexibility index (Phi) is 6.37. The standard InChI is InChI=1S/C22H31N5O/c28-21(18-25-12-3-1-2-4-13-25)26-14-5-6-20(17-26)22-24-11-15-27(22)16-19-7-9-23-10-8-19/h7-11,15,20H,1-6,12-14,16-18H2/t20-/m0/s1. The number of hydrogen-bond donors (Lipinski definition) is 0. The van der Waals surface area contributed by atoms with Crippen molar-refractivity contribution in [2.75, 3.05) is 32.7 Å². The second kappa shape index (κ2) is 9.32. The van der Waals surface area contributed by atoms with Crippen molar-refractivity contribution in [3.05, 3.63) is 48.3 Å². The number of likely N-dealkylation sites (tertiary alicyclic amines) is 2. The lowest BCUT2D eigenvalue weighted by molar-refractivity contribution is -0.133. The van der Waals surface area contributed by atoms with Gasteiger partial charge in [-0.1, -0.05) is 12.8 Å². The fourth-order valence-corrected chi connectivity index (χ4v) is 4.50. The Labute approximate surface area is 167 Å². The predicted octanol–water partition coefficient (Wildman–Crippen LogP) is 2.91. The average Bonchev–Trinajstić information content (AvgIpc) is 3.03. The molecule has 0 spiro atoms. The highest BCUT2D eigenvalue weighted by Gasteiger charge is 2.28. The van der Waals surface area contributed by atoms with E-state index in [1.807, 2.05) is 36.9 Å². The summed E-state index contributed by atoms with van der Waals surface area (Å²) in [6, 6.07) is 4.09. The minimum Gasteiger partial charge on any atom is -0.341 e. The third-order valence-electron chi connectivity index (χ3n) is 6.05. The van der Waals surface area contributed by atoms with Crippen molar-refractivity contribution in [3.8, 4) is 0 Å². The lowest BCUT2D eigenvalue weighted by Crippen LogP contribution is -2.45. The third-order valence-corrected chi connectivity index (χ3v) is 6.05. The molecule has 0 unspecified atom stereocenters. The molecule has 2 fully saturated rings. The van der Waals surface area contributed by atoms with Gasteiger partial charge in [-0.25, -0.2) is 4.98 Å². The summed E-state index contributed by atoms with van der Waals surface area (Å²) in [5.41, 5.74) is 1.22. The van der Waals surface area contributed by atoms with Crippen LogP contribution >= 0.6 is 0 Å². The molecule has 150 valence electrons. The summed E-state index contributed by atoms with van der Waals surface area (Å²) in [6.07, 6.45) is 14.8. The molecule has 0 N–H and O–H groups in total. The molecule has 1 amide bonds. The highest BCUT2D eigenvalue weighted by atomic mass is 16.2. The number of hydrogen-bond acceptors (Lipinski definition) is 4. The molecule has 0 saturated carbocycles. The van der Waals surface area contributed by atoms with Crippen molar-refractivity contribution >= 4 is 5.91 Å². The molecule has 2 aliphatic rings. The highest BCUT2D eigenvalue weighted by molar-refractivity contribution is 5.78. The van der Waals surface area contributed by atoms with Gasteiger partial charge < -0.3 is 9.47 Å². The minimum atomic E-state index is 0.291. The quantitative estimate of drug-likeness (QED) is 0.799. The molecule has 0 aliphatic carbocycles. The molecular formula is C22H31N5O. The van der Waals surface area contributed by atoms with Gasteiger partial charge in [0.1, 0.15) is 5.82 Å². The number of pyridine rings is 1. The van der Waals surface area contributed by atoms with E-state index in [-0.39, 0.29) is 0 Å². The molecule has 28 heavy (non-hydrogen) atoms. The van der Waals surface area contributed by atoms with E-state index in [0.29, 0.717) is 18.4 Å². The van der Waals surface area contributed by atoms with E-state index in [9.17, 15) is 4.79 Å². The lowest BCUT2D eigenvalue weighted by atomic mass is 9.97. The predicted molar refractivity (Wildman–Crippen MR) is 109 cm³/mol. The van der Waals surface area contributed by atoms with Crippen molar-refractivity contribution < 1.29 is 4.79 Å². The fraction of sp³-hybridized carbons (Fsp3) is 0.591. The third kappa shape index (κ3) is 4.79. The fourth-order valence-electron chi connectivity index (χ4n) is 4.50. The molecule has 4 rings (SSSR count). The summed E-state index contributed by atoms with van der Waals surface area (Å²) in [4.78, 5) is 26.1. The van der Waals surface area contributed by atoms with Gasteiger partial charge in [0.05, 0.1) is 6.54 Å². The van der Waals surface area contributed by atoms with Crippen LogP contribution in [0.3, 0.4) is 0 Å². The van der Waals surface area contributed by atoms with E-state index in [0.717, 1.165) is 51.4 Å². The molecule has 6 nitrogen and oxygen atoms in total. The largest absolute Gasteiger partial charge is 0.341 e. The number of amides is 1. The Morgan fingerprint density at radius 1 is 1.00 bits per heavy atom. The van der Waals surface area contributed by atoms with Crippen molar-refractivity contribution in [2.45, 2.75) is 51.0 Å². The number of aromatic nitrogens is 3. The molecule has 0 bridgehead atoms. The van der Waals surface area contributed by atoms with Crippen LogP contribution in [-0.2, 0) is 11.3 Å². The van der Waals surface area contributed by atoms with E-state index in [4.69, 9.17) is 0 Å². The van der Waals surface area contributed by atoms with Gasteiger partial charge >= 0.3 is 0 Å². The number of carbonyl (C=O) groups is 1. The number of rotatable bonds is 5. The first kappa shape index (κ1) is 19.1. The Balaban J connectivity index is 1.38. The Morgan fingerprint density at radius 3 is 2.57 bits per heavy atom. The summed E-state index contributed by atoms with van der Waals surface area (Å²) in [7, 11) is 0. The zero-order valence-corrected chi connectivity index (χ0v) is 16.7.